The minimum atomic E-state index is 0.552. The highest BCUT2D eigenvalue weighted by Gasteiger charge is 2.10. The summed E-state index contributed by atoms with van der Waals surface area (Å²) in [5.74, 6) is 0. The highest BCUT2D eigenvalue weighted by Crippen LogP contribution is 2.22. The number of aryl methyl sites for hydroxylation is 1. The number of thiocarbonyl (C=S) groups is 1. The van der Waals surface area contributed by atoms with Crippen LogP contribution in [0.3, 0.4) is 0 Å². The molecule has 27 heavy (non-hydrogen) atoms. The summed E-state index contributed by atoms with van der Waals surface area (Å²) in [6.45, 7) is 4.12. The van der Waals surface area contributed by atoms with Gasteiger partial charge in [-0.2, -0.15) is 10.2 Å². The topological polar surface area (TPSA) is 50.9 Å². The number of benzene rings is 1. The number of halogens is 2. The minimum absolute atomic E-state index is 0.552. The van der Waals surface area contributed by atoms with Gasteiger partial charge in [0.25, 0.3) is 0 Å². The van der Waals surface area contributed by atoms with E-state index in [1.54, 1.807) is 23.1 Å². The Balaban J connectivity index is 1.60. The Hall–Kier alpha value is -2.09. The summed E-state index contributed by atoms with van der Waals surface area (Å²) in [7, 11) is 1.94. The lowest BCUT2D eigenvalue weighted by Gasteiger charge is -2.20. The summed E-state index contributed by atoms with van der Waals surface area (Å²) in [4.78, 5) is 1.96. The smallest absolute Gasteiger partial charge is 0.173 e. The minimum Gasteiger partial charge on any atom is -0.346 e. The molecule has 142 valence electrons. The number of rotatable bonds is 6. The van der Waals surface area contributed by atoms with E-state index in [9.17, 15) is 0 Å². The first kappa shape index (κ1) is 19.7. The van der Waals surface area contributed by atoms with E-state index in [-0.39, 0.29) is 0 Å². The van der Waals surface area contributed by atoms with Gasteiger partial charge in [0, 0.05) is 36.0 Å². The molecule has 1 N–H and O–H groups in total. The number of hydrogen-bond acceptors (Lipinski definition) is 3. The lowest BCUT2D eigenvalue weighted by molar-refractivity contribution is 0.471. The number of hydrogen-bond donors (Lipinski definition) is 1. The van der Waals surface area contributed by atoms with Crippen LogP contribution < -0.4 is 5.32 Å². The fourth-order valence-electron chi connectivity index (χ4n) is 2.65. The van der Waals surface area contributed by atoms with Gasteiger partial charge < -0.3 is 10.2 Å². The third kappa shape index (κ3) is 5.00. The molecule has 0 amide bonds. The number of aromatic nitrogens is 4. The second-order valence-electron chi connectivity index (χ2n) is 6.09. The average Bonchev–Trinajstić information content (AvgIpc) is 3.26. The predicted molar refractivity (Wildman–Crippen MR) is 113 cm³/mol. The van der Waals surface area contributed by atoms with Crippen molar-refractivity contribution in [2.75, 3.05) is 12.4 Å². The molecule has 0 aliphatic carbocycles. The Morgan fingerprint density at radius 2 is 2.07 bits per heavy atom. The molecular formula is C18H20Cl2N6S. The van der Waals surface area contributed by atoms with E-state index in [0.717, 1.165) is 23.5 Å². The summed E-state index contributed by atoms with van der Waals surface area (Å²) >= 11 is 17.7. The second-order valence-corrected chi connectivity index (χ2v) is 7.32. The third-order valence-electron chi connectivity index (χ3n) is 4.08. The molecule has 3 aromatic rings. The van der Waals surface area contributed by atoms with Crippen molar-refractivity contribution in [2.24, 2.45) is 0 Å². The van der Waals surface area contributed by atoms with E-state index in [1.807, 2.05) is 41.0 Å². The van der Waals surface area contributed by atoms with E-state index in [1.165, 1.54) is 0 Å². The van der Waals surface area contributed by atoms with Gasteiger partial charge in [0.15, 0.2) is 5.11 Å². The molecule has 3 rings (SSSR count). The largest absolute Gasteiger partial charge is 0.346 e. The van der Waals surface area contributed by atoms with Gasteiger partial charge in [0.2, 0.25) is 0 Å². The van der Waals surface area contributed by atoms with Crippen molar-refractivity contribution in [3.05, 3.63) is 64.2 Å². The molecule has 2 aromatic heterocycles. The Kier molecular flexibility index (Phi) is 6.36. The van der Waals surface area contributed by atoms with Gasteiger partial charge in [-0.25, -0.2) is 0 Å². The van der Waals surface area contributed by atoms with Crippen LogP contribution in [0, 0.1) is 0 Å². The molecular weight excluding hydrogens is 403 g/mol. The maximum absolute atomic E-state index is 6.23. The zero-order chi connectivity index (χ0) is 19.4. The van der Waals surface area contributed by atoms with Crippen molar-refractivity contribution < 1.29 is 0 Å². The summed E-state index contributed by atoms with van der Waals surface area (Å²) in [5.41, 5.74) is 2.88. The van der Waals surface area contributed by atoms with Crippen LogP contribution in [0.2, 0.25) is 10.0 Å². The van der Waals surface area contributed by atoms with Gasteiger partial charge >= 0.3 is 0 Å². The van der Waals surface area contributed by atoms with Gasteiger partial charge in [-0.15, -0.1) is 0 Å². The normalized spacial score (nSPS) is 10.8. The Morgan fingerprint density at radius 1 is 1.26 bits per heavy atom. The van der Waals surface area contributed by atoms with E-state index in [4.69, 9.17) is 35.4 Å². The van der Waals surface area contributed by atoms with Crippen LogP contribution in [0.15, 0.2) is 42.9 Å². The number of nitrogens with zero attached hydrogens (tertiary/aromatic N) is 5. The molecule has 0 saturated heterocycles. The molecule has 0 spiro atoms. The van der Waals surface area contributed by atoms with Gasteiger partial charge in [-0.1, -0.05) is 29.3 Å². The van der Waals surface area contributed by atoms with Crippen LogP contribution in [0.1, 0.15) is 18.2 Å². The summed E-state index contributed by atoms with van der Waals surface area (Å²) in [6.07, 6.45) is 5.43. The van der Waals surface area contributed by atoms with Crippen molar-refractivity contribution >= 4 is 46.2 Å². The fraction of sp³-hybridized carbons (Fsp3) is 0.278. The molecule has 0 radical (unpaired) electrons. The predicted octanol–water partition coefficient (Wildman–Crippen LogP) is 4.28. The molecule has 1 aromatic carbocycles. The van der Waals surface area contributed by atoms with Gasteiger partial charge in [-0.3, -0.25) is 9.36 Å². The molecule has 0 fully saturated rings. The lowest BCUT2D eigenvalue weighted by Crippen LogP contribution is -2.31. The average molecular weight is 423 g/mol. The SMILES string of the molecule is CCn1nccc1CN(C)C(=S)Nc1cnn(Cc2ccc(Cl)cc2Cl)c1. The Labute approximate surface area is 173 Å². The molecule has 6 nitrogen and oxygen atoms in total. The zero-order valence-electron chi connectivity index (χ0n) is 15.1. The van der Waals surface area contributed by atoms with Crippen molar-refractivity contribution in [2.45, 2.75) is 26.6 Å². The monoisotopic (exact) mass is 422 g/mol. The van der Waals surface area contributed by atoms with Crippen LogP contribution in [-0.2, 0) is 19.6 Å². The lowest BCUT2D eigenvalue weighted by atomic mass is 10.2. The standard InChI is InChI=1S/C18H20Cl2N6S/c1-3-26-16(6-7-21-26)12-24(2)18(27)23-15-9-22-25(11-15)10-13-4-5-14(19)8-17(13)20/h4-9,11H,3,10,12H2,1-2H3,(H,23,27). The van der Waals surface area contributed by atoms with Crippen molar-refractivity contribution in [3.8, 4) is 0 Å². The molecule has 0 saturated carbocycles. The Morgan fingerprint density at radius 3 is 2.81 bits per heavy atom. The molecule has 2 heterocycles. The molecule has 0 atom stereocenters. The van der Waals surface area contributed by atoms with Crippen LogP contribution in [-0.4, -0.2) is 36.6 Å². The second kappa shape index (κ2) is 8.73. The summed E-state index contributed by atoms with van der Waals surface area (Å²) in [6, 6.07) is 7.44. The summed E-state index contributed by atoms with van der Waals surface area (Å²) in [5, 5.41) is 13.7. The molecule has 0 bridgehead atoms. The van der Waals surface area contributed by atoms with Crippen LogP contribution in [0.4, 0.5) is 5.69 Å². The van der Waals surface area contributed by atoms with Crippen molar-refractivity contribution in [3.63, 3.8) is 0 Å². The van der Waals surface area contributed by atoms with Gasteiger partial charge in [0.1, 0.15) is 0 Å². The molecule has 0 aliphatic rings. The molecule has 0 unspecified atom stereocenters. The first-order chi connectivity index (χ1) is 13.0. The third-order valence-corrected chi connectivity index (χ3v) is 5.08. The highest BCUT2D eigenvalue weighted by atomic mass is 35.5. The first-order valence-corrected chi connectivity index (χ1v) is 9.62. The number of nitrogens with one attached hydrogen (secondary N) is 1. The van der Waals surface area contributed by atoms with Crippen molar-refractivity contribution in [1.29, 1.82) is 0 Å². The highest BCUT2D eigenvalue weighted by molar-refractivity contribution is 7.80. The fourth-order valence-corrected chi connectivity index (χ4v) is 3.30. The quantitative estimate of drug-likeness (QED) is 0.600. The van der Waals surface area contributed by atoms with E-state index in [0.29, 0.717) is 28.2 Å². The first-order valence-electron chi connectivity index (χ1n) is 8.45. The number of anilines is 1. The summed E-state index contributed by atoms with van der Waals surface area (Å²) < 4.78 is 3.75. The molecule has 9 heteroatoms. The van der Waals surface area contributed by atoms with E-state index >= 15 is 0 Å². The zero-order valence-corrected chi connectivity index (χ0v) is 17.4. The molecule has 0 aliphatic heterocycles. The Bertz CT molecular complexity index is 936. The van der Waals surface area contributed by atoms with E-state index in [2.05, 4.69) is 22.4 Å². The van der Waals surface area contributed by atoms with E-state index < -0.39 is 0 Å². The van der Waals surface area contributed by atoms with Crippen molar-refractivity contribution in [1.82, 2.24) is 24.5 Å². The maximum Gasteiger partial charge on any atom is 0.173 e. The maximum atomic E-state index is 6.23. The van der Waals surface area contributed by atoms with Crippen LogP contribution in [0.5, 0.6) is 0 Å². The van der Waals surface area contributed by atoms with Crippen LogP contribution in [0.25, 0.3) is 0 Å². The van der Waals surface area contributed by atoms with Crippen LogP contribution >= 0.6 is 35.4 Å². The van der Waals surface area contributed by atoms with Gasteiger partial charge in [0.05, 0.1) is 30.7 Å². The van der Waals surface area contributed by atoms with Gasteiger partial charge in [-0.05, 0) is 42.9 Å².